The molecule has 16 heteroatoms. The Labute approximate surface area is 283 Å². The molecule has 246 valence electrons. The van der Waals surface area contributed by atoms with E-state index in [9.17, 15) is 13.5 Å². The number of sulfonamides is 1. The first kappa shape index (κ1) is 31.9. The predicted molar refractivity (Wildman–Crippen MR) is 181 cm³/mol. The molecule has 6 aromatic rings. The molecule has 1 saturated heterocycles. The van der Waals surface area contributed by atoms with Crippen molar-refractivity contribution in [2.24, 2.45) is 0 Å². The second-order valence-corrected chi connectivity index (χ2v) is 14.0. The van der Waals surface area contributed by atoms with E-state index in [1.807, 2.05) is 37.4 Å². The highest BCUT2D eigenvalue weighted by Gasteiger charge is 2.28. The number of hydrogen-bond acceptors (Lipinski definition) is 9. The van der Waals surface area contributed by atoms with E-state index < -0.39 is 38.6 Å². The van der Waals surface area contributed by atoms with Crippen LogP contribution in [-0.4, -0.2) is 56.7 Å². The van der Waals surface area contributed by atoms with Gasteiger partial charge in [-0.1, -0.05) is 35.3 Å². The van der Waals surface area contributed by atoms with Crippen molar-refractivity contribution in [3.8, 4) is 5.95 Å². The van der Waals surface area contributed by atoms with Crippen LogP contribution < -0.4 is 14.9 Å². The van der Waals surface area contributed by atoms with Gasteiger partial charge in [0.1, 0.15) is 33.8 Å². The van der Waals surface area contributed by atoms with Crippen molar-refractivity contribution in [2.45, 2.75) is 30.3 Å². The minimum atomic E-state index is -4.41. The van der Waals surface area contributed by atoms with Gasteiger partial charge in [0, 0.05) is 30.4 Å². The number of nitrogens with one attached hydrogen (secondary N) is 2. The third-order valence-corrected chi connectivity index (χ3v) is 10.6. The van der Waals surface area contributed by atoms with E-state index in [-0.39, 0.29) is 32.2 Å². The molecule has 0 bridgehead atoms. The summed E-state index contributed by atoms with van der Waals surface area (Å²) in [6.07, 6.45) is 5.79. The highest BCUT2D eigenvalue weighted by atomic mass is 35.5. The van der Waals surface area contributed by atoms with E-state index in [0.29, 0.717) is 31.4 Å². The molecule has 7 rings (SSSR count). The minimum absolute atomic E-state index is 0.0102. The van der Waals surface area contributed by atoms with E-state index in [0.717, 1.165) is 28.7 Å². The monoisotopic (exact) mass is 710 g/mol. The van der Waals surface area contributed by atoms with Gasteiger partial charge in [-0.2, -0.15) is 0 Å². The fraction of sp³-hybridized carbons (Fsp3) is 0.188. The zero-order valence-corrected chi connectivity index (χ0v) is 27.5. The highest BCUT2D eigenvalue weighted by Crippen LogP contribution is 2.35. The van der Waals surface area contributed by atoms with E-state index in [4.69, 9.17) is 23.2 Å². The van der Waals surface area contributed by atoms with Crippen LogP contribution in [0.4, 0.5) is 31.7 Å². The van der Waals surface area contributed by atoms with E-state index in [1.54, 1.807) is 4.57 Å². The lowest BCUT2D eigenvalue weighted by Crippen LogP contribution is -2.42. The van der Waals surface area contributed by atoms with Crippen LogP contribution in [0.15, 0.2) is 78.2 Å². The zero-order valence-electron chi connectivity index (χ0n) is 25.1. The molecule has 11 nitrogen and oxygen atoms in total. The van der Waals surface area contributed by atoms with Crippen LogP contribution in [0.25, 0.3) is 27.9 Å². The molecule has 0 aliphatic carbocycles. The first-order valence-corrected chi connectivity index (χ1v) is 16.9. The number of aliphatic hydroxyl groups is 1. The third kappa shape index (κ3) is 5.85. The molecule has 1 aliphatic rings. The Morgan fingerprint density at radius 1 is 0.979 bits per heavy atom. The molecular formula is C32H26Cl2F2N8O3S. The zero-order chi connectivity index (χ0) is 33.8. The van der Waals surface area contributed by atoms with Gasteiger partial charge in [0.05, 0.1) is 33.0 Å². The van der Waals surface area contributed by atoms with Gasteiger partial charge < -0.3 is 15.3 Å². The Kier molecular flexibility index (Phi) is 8.06. The second kappa shape index (κ2) is 12.1. The Balaban J connectivity index is 1.23. The van der Waals surface area contributed by atoms with E-state index in [1.165, 1.54) is 30.7 Å². The average Bonchev–Trinajstić information content (AvgIpc) is 3.50. The molecule has 3 aromatic carbocycles. The Hall–Kier alpha value is -4.63. The fourth-order valence-electron chi connectivity index (χ4n) is 5.64. The molecule has 1 aliphatic heterocycles. The van der Waals surface area contributed by atoms with Gasteiger partial charge in [-0.15, -0.1) is 0 Å². The van der Waals surface area contributed by atoms with Crippen molar-refractivity contribution in [2.75, 3.05) is 28.0 Å². The summed E-state index contributed by atoms with van der Waals surface area (Å²) < 4.78 is 60.8. The Morgan fingerprint density at radius 2 is 1.75 bits per heavy atom. The minimum Gasteiger partial charge on any atom is -0.390 e. The van der Waals surface area contributed by atoms with Crippen LogP contribution in [0.3, 0.4) is 0 Å². The molecule has 0 amide bonds. The Bertz CT molecular complexity index is 2330. The lowest BCUT2D eigenvalue weighted by Gasteiger charge is -2.37. The molecule has 4 heterocycles. The van der Waals surface area contributed by atoms with Crippen molar-refractivity contribution in [3.63, 3.8) is 0 Å². The largest absolute Gasteiger partial charge is 0.390 e. The number of anilines is 4. The summed E-state index contributed by atoms with van der Waals surface area (Å²) in [4.78, 5) is 19.4. The topological polar surface area (TPSA) is 138 Å². The molecule has 0 radical (unpaired) electrons. The van der Waals surface area contributed by atoms with E-state index in [2.05, 4.69) is 34.9 Å². The molecule has 3 N–H and O–H groups in total. The number of fused-ring (bicyclic) bond motifs is 2. The highest BCUT2D eigenvalue weighted by molar-refractivity contribution is 7.92. The Morgan fingerprint density at radius 3 is 2.54 bits per heavy atom. The van der Waals surface area contributed by atoms with Gasteiger partial charge in [-0.25, -0.2) is 37.1 Å². The molecule has 0 atom stereocenters. The lowest BCUT2D eigenvalue weighted by molar-refractivity contribution is 0.0352. The smallest absolute Gasteiger partial charge is 0.263 e. The maximum Gasteiger partial charge on any atom is 0.263 e. The number of benzene rings is 3. The summed E-state index contributed by atoms with van der Waals surface area (Å²) in [5.41, 5.74) is 0.395. The van der Waals surface area contributed by atoms with Crippen LogP contribution >= 0.6 is 23.2 Å². The standard InChI is InChI=1S/C32H26Cl2F2N8O3S/c1-32(45)11-14-43(15-12-32)23-5-3-6-24-18(23)10-13-44(24)31-37-16-22-29(41-31)30(39-17-38-22)40-28-20(35)8-9-21(27(28)36)42-48(46,47)25-7-2-4-19(33)26(25)34/h2-10,13,16-17,42,45H,11-12,14-15H2,1H3,(H,38,39,40). The summed E-state index contributed by atoms with van der Waals surface area (Å²) in [7, 11) is -4.41. The van der Waals surface area contributed by atoms with Crippen molar-refractivity contribution in [1.29, 1.82) is 0 Å². The predicted octanol–water partition coefficient (Wildman–Crippen LogP) is 6.84. The van der Waals surface area contributed by atoms with Gasteiger partial charge in [0.15, 0.2) is 11.6 Å². The number of piperidine rings is 1. The van der Waals surface area contributed by atoms with Gasteiger partial charge in [-0.05, 0) is 62.2 Å². The van der Waals surface area contributed by atoms with Crippen LogP contribution in [0.5, 0.6) is 0 Å². The number of hydrogen-bond donors (Lipinski definition) is 3. The molecule has 0 saturated carbocycles. The number of aromatic nitrogens is 5. The van der Waals surface area contributed by atoms with Crippen molar-refractivity contribution in [3.05, 3.63) is 95.0 Å². The molecule has 0 unspecified atom stereocenters. The quantitative estimate of drug-likeness (QED) is 0.163. The van der Waals surface area contributed by atoms with Crippen molar-refractivity contribution >= 4 is 78.0 Å². The summed E-state index contributed by atoms with van der Waals surface area (Å²) >= 11 is 12.0. The van der Waals surface area contributed by atoms with Gasteiger partial charge in [-0.3, -0.25) is 9.29 Å². The SMILES string of the molecule is CC1(O)CCN(c2cccc3c2ccn3-c2ncc3ncnc(Nc4c(F)ccc(NS(=O)(=O)c5cccc(Cl)c5Cl)c4F)c3n2)CC1. The number of halogens is 4. The summed E-state index contributed by atoms with van der Waals surface area (Å²) in [5.74, 6) is -2.03. The van der Waals surface area contributed by atoms with Crippen LogP contribution in [0, 0.1) is 11.6 Å². The van der Waals surface area contributed by atoms with Gasteiger partial charge in [0.25, 0.3) is 10.0 Å². The second-order valence-electron chi connectivity index (χ2n) is 11.6. The molecule has 1 fully saturated rings. The summed E-state index contributed by atoms with van der Waals surface area (Å²) in [5, 5.41) is 13.8. The van der Waals surface area contributed by atoms with Gasteiger partial charge in [0.2, 0.25) is 5.95 Å². The van der Waals surface area contributed by atoms with Crippen molar-refractivity contribution < 1.29 is 22.3 Å². The summed E-state index contributed by atoms with van der Waals surface area (Å²) in [6, 6.07) is 13.7. The maximum absolute atomic E-state index is 15.8. The molecule has 3 aromatic heterocycles. The first-order chi connectivity index (χ1) is 22.9. The van der Waals surface area contributed by atoms with Crippen LogP contribution in [0.1, 0.15) is 19.8 Å². The van der Waals surface area contributed by atoms with E-state index >= 15 is 8.78 Å². The molecular weight excluding hydrogens is 685 g/mol. The summed E-state index contributed by atoms with van der Waals surface area (Å²) in [6.45, 7) is 3.27. The number of nitrogens with zero attached hydrogens (tertiary/aromatic N) is 6. The van der Waals surface area contributed by atoms with Crippen LogP contribution in [0.2, 0.25) is 10.0 Å². The molecule has 48 heavy (non-hydrogen) atoms. The fourth-order valence-corrected chi connectivity index (χ4v) is 7.46. The maximum atomic E-state index is 15.8. The normalized spacial score (nSPS) is 14.8. The molecule has 0 spiro atoms. The lowest BCUT2D eigenvalue weighted by atomic mass is 9.93. The number of rotatable bonds is 7. The van der Waals surface area contributed by atoms with Crippen LogP contribution in [-0.2, 0) is 10.0 Å². The van der Waals surface area contributed by atoms with Gasteiger partial charge >= 0.3 is 0 Å². The van der Waals surface area contributed by atoms with Crippen molar-refractivity contribution in [1.82, 2.24) is 24.5 Å². The average molecular weight is 712 g/mol. The first-order valence-electron chi connectivity index (χ1n) is 14.7. The third-order valence-electron chi connectivity index (χ3n) is 8.26.